The number of amides is 1. The fraction of sp³-hybridized carbons (Fsp3) is 0.533. The van der Waals surface area contributed by atoms with Gasteiger partial charge in [0.1, 0.15) is 0 Å². The van der Waals surface area contributed by atoms with Gasteiger partial charge in [0.2, 0.25) is 5.91 Å². The molecule has 3 nitrogen and oxygen atoms in total. The Bertz CT molecular complexity index is 428. The monoisotopic (exact) mass is 394 g/mol. The molecule has 3 N–H and O–H groups in total. The van der Waals surface area contributed by atoms with Crippen molar-refractivity contribution in [3.8, 4) is 0 Å². The van der Waals surface area contributed by atoms with Crippen molar-refractivity contribution in [2.24, 2.45) is 11.7 Å². The van der Waals surface area contributed by atoms with Crippen LogP contribution in [0.5, 0.6) is 0 Å². The summed E-state index contributed by atoms with van der Waals surface area (Å²) in [6.45, 7) is 6.67. The lowest BCUT2D eigenvalue weighted by atomic mass is 10.0. The molecule has 2 unspecified atom stereocenters. The summed E-state index contributed by atoms with van der Waals surface area (Å²) in [6.07, 6.45) is 0.915. The highest BCUT2D eigenvalue weighted by atomic mass is 79.9. The summed E-state index contributed by atoms with van der Waals surface area (Å²) in [5.74, 6) is 0.576. The van der Waals surface area contributed by atoms with Crippen LogP contribution in [0, 0.1) is 5.92 Å². The topological polar surface area (TPSA) is 55.1 Å². The van der Waals surface area contributed by atoms with E-state index in [9.17, 15) is 4.79 Å². The van der Waals surface area contributed by atoms with Crippen LogP contribution in [0.25, 0.3) is 0 Å². The normalized spacial score (nSPS) is 13.4. The second-order valence-corrected chi connectivity index (χ2v) is 7.61. The maximum atomic E-state index is 12.2. The molecule has 0 fully saturated rings. The van der Waals surface area contributed by atoms with E-state index < -0.39 is 0 Å². The summed E-state index contributed by atoms with van der Waals surface area (Å²) < 4.78 is 1.04. The number of hydrogen-bond acceptors (Lipinski definition) is 3. The highest BCUT2D eigenvalue weighted by Gasteiger charge is 2.18. The third-order valence-corrected chi connectivity index (χ3v) is 4.52. The van der Waals surface area contributed by atoms with E-state index in [2.05, 4.69) is 35.1 Å². The number of hydrogen-bond donors (Lipinski definition) is 2. The average molecular weight is 396 g/mol. The van der Waals surface area contributed by atoms with E-state index in [0.29, 0.717) is 12.5 Å². The molecular weight excluding hydrogens is 372 g/mol. The number of nitrogens with one attached hydrogen (secondary N) is 1. The Morgan fingerprint density at radius 1 is 1.29 bits per heavy atom. The van der Waals surface area contributed by atoms with Crippen molar-refractivity contribution in [2.75, 3.05) is 6.54 Å². The fourth-order valence-electron chi connectivity index (χ4n) is 1.87. The molecule has 6 heteroatoms. The van der Waals surface area contributed by atoms with Crippen LogP contribution in [0.15, 0.2) is 33.6 Å². The minimum Gasteiger partial charge on any atom is -0.351 e. The van der Waals surface area contributed by atoms with E-state index in [-0.39, 0.29) is 29.6 Å². The highest BCUT2D eigenvalue weighted by molar-refractivity contribution is 9.10. The quantitative estimate of drug-likeness (QED) is 0.690. The Morgan fingerprint density at radius 3 is 2.33 bits per heavy atom. The van der Waals surface area contributed by atoms with Gasteiger partial charge in [-0.15, -0.1) is 24.2 Å². The van der Waals surface area contributed by atoms with E-state index in [1.807, 2.05) is 31.2 Å². The van der Waals surface area contributed by atoms with Crippen LogP contribution in [0.3, 0.4) is 0 Å². The number of benzene rings is 1. The van der Waals surface area contributed by atoms with Gasteiger partial charge in [0.15, 0.2) is 0 Å². The molecule has 0 heterocycles. The molecule has 1 aromatic carbocycles. The molecule has 1 amide bonds. The maximum Gasteiger partial charge on any atom is 0.233 e. The fourth-order valence-corrected chi connectivity index (χ4v) is 3.01. The van der Waals surface area contributed by atoms with Crippen molar-refractivity contribution in [1.29, 1.82) is 0 Å². The second-order valence-electron chi connectivity index (χ2n) is 5.28. The van der Waals surface area contributed by atoms with E-state index >= 15 is 0 Å². The molecule has 1 aromatic rings. The molecule has 0 aromatic heterocycles. The zero-order valence-electron chi connectivity index (χ0n) is 12.6. The lowest BCUT2D eigenvalue weighted by molar-refractivity contribution is -0.121. The highest BCUT2D eigenvalue weighted by Crippen LogP contribution is 2.25. The summed E-state index contributed by atoms with van der Waals surface area (Å²) in [5, 5.41) is 2.91. The van der Waals surface area contributed by atoms with Crippen molar-refractivity contribution in [2.45, 2.75) is 43.4 Å². The van der Waals surface area contributed by atoms with Crippen LogP contribution >= 0.6 is 40.1 Å². The smallest absolute Gasteiger partial charge is 0.233 e. The SMILES string of the molecule is CC(C)CC(CN)NC(=O)C(C)Sc1ccc(Br)cc1.Cl. The largest absolute Gasteiger partial charge is 0.351 e. The van der Waals surface area contributed by atoms with Crippen LogP contribution in [-0.2, 0) is 4.79 Å². The molecule has 0 bridgehead atoms. The molecule has 1 rings (SSSR count). The molecule has 21 heavy (non-hydrogen) atoms. The van der Waals surface area contributed by atoms with Crippen LogP contribution in [0.4, 0.5) is 0 Å². The van der Waals surface area contributed by atoms with Gasteiger partial charge in [-0.1, -0.05) is 29.8 Å². The number of thioether (sulfide) groups is 1. The Labute approximate surface area is 146 Å². The van der Waals surface area contributed by atoms with Gasteiger partial charge in [0, 0.05) is 22.0 Å². The Balaban J connectivity index is 0.00000400. The van der Waals surface area contributed by atoms with Gasteiger partial charge in [0.25, 0.3) is 0 Å². The number of carbonyl (C=O) groups is 1. The third kappa shape index (κ3) is 8.10. The molecule has 120 valence electrons. The predicted molar refractivity (Wildman–Crippen MR) is 97.1 cm³/mol. The molecule has 0 aliphatic carbocycles. The predicted octanol–water partition coefficient (Wildman–Crippen LogP) is 3.84. The van der Waals surface area contributed by atoms with Gasteiger partial charge >= 0.3 is 0 Å². The van der Waals surface area contributed by atoms with Gasteiger partial charge in [-0.25, -0.2) is 0 Å². The molecule has 0 aliphatic rings. The van der Waals surface area contributed by atoms with E-state index in [4.69, 9.17) is 5.73 Å². The zero-order chi connectivity index (χ0) is 15.1. The first-order valence-corrected chi connectivity index (χ1v) is 8.52. The summed E-state index contributed by atoms with van der Waals surface area (Å²) in [5.41, 5.74) is 5.71. The summed E-state index contributed by atoms with van der Waals surface area (Å²) >= 11 is 4.96. The summed E-state index contributed by atoms with van der Waals surface area (Å²) in [6, 6.07) is 8.04. The first-order valence-electron chi connectivity index (χ1n) is 6.85. The molecule has 2 atom stereocenters. The second kappa shape index (κ2) is 10.5. The molecule has 0 spiro atoms. The number of halogens is 2. The minimum absolute atomic E-state index is 0. The van der Waals surface area contributed by atoms with Gasteiger partial charge < -0.3 is 11.1 Å². The van der Waals surface area contributed by atoms with Crippen molar-refractivity contribution in [1.82, 2.24) is 5.32 Å². The minimum atomic E-state index is -0.127. The molecule has 0 saturated heterocycles. The van der Waals surface area contributed by atoms with Gasteiger partial charge in [0.05, 0.1) is 5.25 Å². The van der Waals surface area contributed by atoms with Gasteiger partial charge in [-0.2, -0.15) is 0 Å². The maximum absolute atomic E-state index is 12.2. The third-order valence-electron chi connectivity index (χ3n) is 2.88. The Kier molecular flexibility index (Phi) is 10.4. The molecule has 0 saturated carbocycles. The number of rotatable bonds is 7. The van der Waals surface area contributed by atoms with Gasteiger partial charge in [-0.3, -0.25) is 4.79 Å². The van der Waals surface area contributed by atoms with E-state index in [1.54, 1.807) is 11.8 Å². The Hall–Kier alpha value is -0.230. The number of nitrogens with two attached hydrogens (primary N) is 1. The summed E-state index contributed by atoms with van der Waals surface area (Å²) in [7, 11) is 0. The van der Waals surface area contributed by atoms with Crippen molar-refractivity contribution >= 4 is 46.0 Å². The molecular formula is C15H24BrClN2OS. The van der Waals surface area contributed by atoms with Crippen molar-refractivity contribution in [3.05, 3.63) is 28.7 Å². The van der Waals surface area contributed by atoms with Crippen LogP contribution in [-0.4, -0.2) is 23.7 Å². The van der Waals surface area contributed by atoms with Crippen LogP contribution in [0.2, 0.25) is 0 Å². The summed E-state index contributed by atoms with van der Waals surface area (Å²) in [4.78, 5) is 13.3. The van der Waals surface area contributed by atoms with E-state index in [0.717, 1.165) is 15.8 Å². The molecule has 0 aliphatic heterocycles. The number of carbonyl (C=O) groups excluding carboxylic acids is 1. The standard InChI is InChI=1S/C15H23BrN2OS.ClH/c1-10(2)8-13(9-17)18-15(19)11(3)20-14-6-4-12(16)5-7-14;/h4-7,10-11,13H,8-9,17H2,1-3H3,(H,18,19);1H. The lowest BCUT2D eigenvalue weighted by Crippen LogP contribution is -2.44. The van der Waals surface area contributed by atoms with Crippen LogP contribution in [0.1, 0.15) is 27.2 Å². The van der Waals surface area contributed by atoms with Crippen molar-refractivity contribution in [3.63, 3.8) is 0 Å². The van der Waals surface area contributed by atoms with E-state index in [1.165, 1.54) is 0 Å². The molecule has 0 radical (unpaired) electrons. The van der Waals surface area contributed by atoms with Crippen LogP contribution < -0.4 is 11.1 Å². The Morgan fingerprint density at radius 2 is 1.86 bits per heavy atom. The zero-order valence-corrected chi connectivity index (χ0v) is 15.9. The average Bonchev–Trinajstić information content (AvgIpc) is 2.39. The first kappa shape index (κ1) is 20.8. The van der Waals surface area contributed by atoms with Crippen molar-refractivity contribution < 1.29 is 4.79 Å². The first-order chi connectivity index (χ1) is 9.42. The van der Waals surface area contributed by atoms with Gasteiger partial charge in [-0.05, 0) is 43.5 Å². The lowest BCUT2D eigenvalue weighted by Gasteiger charge is -2.21.